The standard InChI is InChI=1S/C10H15NO5S2/c1-17(12,13)10-7-8(3-4-9(10)11)5-6-16-18(2,14)15/h3-4,7H,5-6,11H2,1-2H3. The van der Waals surface area contributed by atoms with Crippen molar-refractivity contribution in [3.8, 4) is 0 Å². The lowest BCUT2D eigenvalue weighted by Crippen LogP contribution is -2.08. The van der Waals surface area contributed by atoms with E-state index in [0.29, 0.717) is 5.56 Å². The molecule has 6 nitrogen and oxygen atoms in total. The number of benzene rings is 1. The number of nitrogens with two attached hydrogens (primary N) is 1. The van der Waals surface area contributed by atoms with Gasteiger partial charge >= 0.3 is 0 Å². The fourth-order valence-electron chi connectivity index (χ4n) is 1.37. The minimum Gasteiger partial charge on any atom is -0.398 e. The maximum Gasteiger partial charge on any atom is 0.264 e. The quantitative estimate of drug-likeness (QED) is 0.614. The van der Waals surface area contributed by atoms with E-state index in [-0.39, 0.29) is 23.6 Å². The summed E-state index contributed by atoms with van der Waals surface area (Å²) in [4.78, 5) is 0.0411. The van der Waals surface area contributed by atoms with Crippen molar-refractivity contribution in [1.82, 2.24) is 0 Å². The zero-order valence-electron chi connectivity index (χ0n) is 10.1. The third kappa shape index (κ3) is 4.63. The smallest absolute Gasteiger partial charge is 0.264 e. The van der Waals surface area contributed by atoms with E-state index in [9.17, 15) is 16.8 Å². The molecule has 1 rings (SSSR count). The third-order valence-corrected chi connectivity index (χ3v) is 3.91. The van der Waals surface area contributed by atoms with Gasteiger partial charge in [-0.1, -0.05) is 6.07 Å². The van der Waals surface area contributed by atoms with Crippen molar-refractivity contribution in [3.63, 3.8) is 0 Å². The van der Waals surface area contributed by atoms with Gasteiger partial charge in [0.05, 0.1) is 23.4 Å². The first-order valence-electron chi connectivity index (χ1n) is 5.02. The van der Waals surface area contributed by atoms with Crippen LogP contribution in [0, 0.1) is 0 Å². The molecule has 0 saturated carbocycles. The van der Waals surface area contributed by atoms with E-state index < -0.39 is 20.0 Å². The lowest BCUT2D eigenvalue weighted by atomic mass is 10.1. The Morgan fingerprint density at radius 2 is 1.78 bits per heavy atom. The first-order valence-corrected chi connectivity index (χ1v) is 8.73. The van der Waals surface area contributed by atoms with E-state index >= 15 is 0 Å². The summed E-state index contributed by atoms with van der Waals surface area (Å²) < 4.78 is 49.0. The third-order valence-electron chi connectivity index (χ3n) is 2.17. The second kappa shape index (κ2) is 5.25. The Morgan fingerprint density at radius 1 is 1.17 bits per heavy atom. The predicted molar refractivity (Wildman–Crippen MR) is 68.5 cm³/mol. The maximum absolute atomic E-state index is 11.4. The number of hydrogen-bond donors (Lipinski definition) is 1. The summed E-state index contributed by atoms with van der Waals surface area (Å²) in [5.41, 5.74) is 6.39. The molecule has 0 aliphatic rings. The molecule has 18 heavy (non-hydrogen) atoms. The van der Waals surface area contributed by atoms with E-state index in [2.05, 4.69) is 4.18 Å². The van der Waals surface area contributed by atoms with Crippen molar-refractivity contribution in [3.05, 3.63) is 23.8 Å². The van der Waals surface area contributed by atoms with Crippen molar-refractivity contribution in [2.24, 2.45) is 0 Å². The summed E-state index contributed by atoms with van der Waals surface area (Å²) in [7, 11) is -6.88. The Hall–Kier alpha value is -1.12. The molecular weight excluding hydrogens is 278 g/mol. The van der Waals surface area contributed by atoms with Crippen LogP contribution < -0.4 is 5.73 Å². The number of rotatable bonds is 5. The second-order valence-electron chi connectivity index (χ2n) is 3.92. The van der Waals surface area contributed by atoms with Crippen molar-refractivity contribution < 1.29 is 21.0 Å². The van der Waals surface area contributed by atoms with Gasteiger partial charge in [0.25, 0.3) is 10.1 Å². The van der Waals surface area contributed by atoms with Crippen molar-refractivity contribution in [2.45, 2.75) is 11.3 Å². The number of nitrogen functional groups attached to an aromatic ring is 1. The van der Waals surface area contributed by atoms with Crippen LogP contribution >= 0.6 is 0 Å². The summed E-state index contributed by atoms with van der Waals surface area (Å²) in [6.07, 6.45) is 2.31. The molecule has 0 radical (unpaired) electrons. The molecule has 0 aliphatic carbocycles. The number of hydrogen-bond acceptors (Lipinski definition) is 6. The van der Waals surface area contributed by atoms with E-state index in [1.54, 1.807) is 6.07 Å². The lowest BCUT2D eigenvalue weighted by Gasteiger charge is -2.07. The molecule has 0 aliphatic heterocycles. The first kappa shape index (κ1) is 14.9. The lowest BCUT2D eigenvalue weighted by molar-refractivity contribution is 0.326. The maximum atomic E-state index is 11.4. The Kier molecular flexibility index (Phi) is 4.36. The zero-order chi connectivity index (χ0) is 14.0. The summed E-state index contributed by atoms with van der Waals surface area (Å²) in [5, 5.41) is 0. The largest absolute Gasteiger partial charge is 0.398 e. The van der Waals surface area contributed by atoms with Crippen LogP contribution in [-0.4, -0.2) is 36.0 Å². The van der Waals surface area contributed by atoms with Gasteiger partial charge in [0.15, 0.2) is 9.84 Å². The van der Waals surface area contributed by atoms with Gasteiger partial charge in [0.2, 0.25) is 0 Å². The molecule has 0 unspecified atom stereocenters. The van der Waals surface area contributed by atoms with Crippen LogP contribution in [0.4, 0.5) is 5.69 Å². The minimum atomic E-state index is -3.48. The Balaban J connectivity index is 2.87. The van der Waals surface area contributed by atoms with Gasteiger partial charge < -0.3 is 5.73 Å². The second-order valence-corrected chi connectivity index (χ2v) is 7.55. The van der Waals surface area contributed by atoms with Crippen molar-refractivity contribution >= 4 is 25.6 Å². The van der Waals surface area contributed by atoms with Gasteiger partial charge in [-0.25, -0.2) is 8.42 Å². The fourth-order valence-corrected chi connectivity index (χ4v) is 2.61. The molecule has 0 heterocycles. The SMILES string of the molecule is CS(=O)(=O)OCCc1ccc(N)c(S(C)(=O)=O)c1. The van der Waals surface area contributed by atoms with Crippen LogP contribution in [0.15, 0.2) is 23.1 Å². The highest BCUT2D eigenvalue weighted by Crippen LogP contribution is 2.20. The van der Waals surface area contributed by atoms with Gasteiger partial charge in [-0.2, -0.15) is 8.42 Å². The average molecular weight is 293 g/mol. The van der Waals surface area contributed by atoms with Gasteiger partial charge in [-0.15, -0.1) is 0 Å². The highest BCUT2D eigenvalue weighted by atomic mass is 32.2. The molecule has 0 spiro atoms. The van der Waals surface area contributed by atoms with Crippen LogP contribution in [0.3, 0.4) is 0 Å². The molecule has 102 valence electrons. The van der Waals surface area contributed by atoms with Crippen LogP contribution in [-0.2, 0) is 30.6 Å². The summed E-state index contributed by atoms with van der Waals surface area (Å²) in [5.74, 6) is 0. The summed E-state index contributed by atoms with van der Waals surface area (Å²) in [6.45, 7) is -0.0358. The summed E-state index contributed by atoms with van der Waals surface area (Å²) in [6, 6.07) is 4.54. The average Bonchev–Trinajstić information content (AvgIpc) is 2.17. The molecule has 0 aromatic heterocycles. The number of anilines is 1. The van der Waals surface area contributed by atoms with Crippen LogP contribution in [0.1, 0.15) is 5.56 Å². The van der Waals surface area contributed by atoms with Gasteiger partial charge in [0.1, 0.15) is 0 Å². The molecule has 0 bridgehead atoms. The van der Waals surface area contributed by atoms with Crippen molar-refractivity contribution in [1.29, 1.82) is 0 Å². The van der Waals surface area contributed by atoms with Gasteiger partial charge in [-0.05, 0) is 24.1 Å². The van der Waals surface area contributed by atoms with Gasteiger partial charge in [0, 0.05) is 6.26 Å². The van der Waals surface area contributed by atoms with Crippen molar-refractivity contribution in [2.75, 3.05) is 24.9 Å². The highest BCUT2D eigenvalue weighted by Gasteiger charge is 2.12. The molecular formula is C10H15NO5S2. The molecule has 8 heteroatoms. The van der Waals surface area contributed by atoms with Crippen LogP contribution in [0.2, 0.25) is 0 Å². The number of sulfone groups is 1. The normalized spacial score (nSPS) is 12.6. The zero-order valence-corrected chi connectivity index (χ0v) is 11.7. The van der Waals surface area contributed by atoms with E-state index in [0.717, 1.165) is 12.5 Å². The molecule has 1 aromatic rings. The van der Waals surface area contributed by atoms with Gasteiger partial charge in [-0.3, -0.25) is 4.18 Å². The Labute approximate surface area is 107 Å². The Bertz CT molecular complexity index is 634. The van der Waals surface area contributed by atoms with Crippen LogP contribution in [0.25, 0.3) is 0 Å². The molecule has 2 N–H and O–H groups in total. The summed E-state index contributed by atoms with van der Waals surface area (Å²) >= 11 is 0. The first-order chi connectivity index (χ1) is 8.09. The molecule has 1 aromatic carbocycles. The van der Waals surface area contributed by atoms with E-state index in [1.165, 1.54) is 12.1 Å². The monoisotopic (exact) mass is 293 g/mol. The fraction of sp³-hybridized carbons (Fsp3) is 0.400. The highest BCUT2D eigenvalue weighted by molar-refractivity contribution is 7.90. The minimum absolute atomic E-state index is 0.0358. The molecule has 0 atom stereocenters. The van der Waals surface area contributed by atoms with E-state index in [4.69, 9.17) is 5.73 Å². The molecule has 0 saturated heterocycles. The predicted octanol–water partition coefficient (Wildman–Crippen LogP) is 0.191. The van der Waals surface area contributed by atoms with E-state index in [1.807, 2.05) is 0 Å². The topological polar surface area (TPSA) is 104 Å². The molecule has 0 amide bonds. The Morgan fingerprint density at radius 3 is 2.28 bits per heavy atom. The van der Waals surface area contributed by atoms with Crippen LogP contribution in [0.5, 0.6) is 0 Å². The molecule has 0 fully saturated rings.